The second kappa shape index (κ2) is 9.78. The maximum Gasteiger partial charge on any atom is 0.707 e. The highest BCUT2D eigenvalue weighted by Gasteiger charge is 2.12. The molecule has 5 heteroatoms. The lowest BCUT2D eigenvalue weighted by Gasteiger charge is -2.08. The van der Waals surface area contributed by atoms with Crippen molar-refractivity contribution in [1.82, 2.24) is 0 Å². The average molecular weight is 282 g/mol. The zero-order valence-corrected chi connectivity index (χ0v) is 12.1. The number of aryl methyl sites for hydroxylation is 1. The van der Waals surface area contributed by atoms with Gasteiger partial charge in [0.2, 0.25) is 0 Å². The molecule has 3 nitrogen and oxygen atoms in total. The molecule has 0 aromatic heterocycles. The first-order chi connectivity index (χ1) is 9.63. The Morgan fingerprint density at radius 3 is 2.30 bits per heavy atom. The van der Waals surface area contributed by atoms with Crippen molar-refractivity contribution in [2.24, 2.45) is 0 Å². The first kappa shape index (κ1) is 17.0. The highest BCUT2D eigenvalue weighted by molar-refractivity contribution is 6.33. The second-order valence-corrected chi connectivity index (χ2v) is 5.07. The molecule has 0 bridgehead atoms. The molecule has 2 N–H and O–H groups in total. The summed E-state index contributed by atoms with van der Waals surface area (Å²) in [6, 6.07) is 4.39. The highest BCUT2D eigenvalue weighted by atomic mass is 19.1. The Balaban J connectivity index is 2.26. The Bertz CT molecular complexity index is 385. The summed E-state index contributed by atoms with van der Waals surface area (Å²) in [5.41, 5.74) is 0.651. The molecular formula is C15H24BFO3. The highest BCUT2D eigenvalue weighted by Crippen LogP contribution is 2.19. The summed E-state index contributed by atoms with van der Waals surface area (Å²) in [7, 11) is -1.91. The average Bonchev–Trinajstić information content (AvgIpc) is 2.39. The number of hydrogen-bond donors (Lipinski definition) is 2. The molecule has 0 amide bonds. The van der Waals surface area contributed by atoms with E-state index in [4.69, 9.17) is 10.0 Å². The van der Waals surface area contributed by atoms with Crippen LogP contribution in [0.15, 0.2) is 18.2 Å². The molecule has 0 atom stereocenters. The molecule has 20 heavy (non-hydrogen) atoms. The minimum atomic E-state index is -1.91. The van der Waals surface area contributed by atoms with Crippen molar-refractivity contribution in [3.05, 3.63) is 29.6 Å². The topological polar surface area (TPSA) is 49.7 Å². The fourth-order valence-electron chi connectivity index (χ4n) is 2.20. The fraction of sp³-hybridized carbons (Fsp3) is 0.600. The molecule has 0 aliphatic carbocycles. The molecule has 0 fully saturated rings. The monoisotopic (exact) mass is 282 g/mol. The quantitative estimate of drug-likeness (QED) is 0.510. The third-order valence-electron chi connectivity index (χ3n) is 3.32. The number of hydrogen-bond acceptors (Lipinski definition) is 3. The maximum absolute atomic E-state index is 13.7. The smallest absolute Gasteiger partial charge is 0.512 e. The van der Waals surface area contributed by atoms with Gasteiger partial charge in [0, 0.05) is 6.07 Å². The first-order valence-electron chi connectivity index (χ1n) is 7.44. The summed E-state index contributed by atoms with van der Waals surface area (Å²) in [4.78, 5) is 0. The third kappa shape index (κ3) is 6.92. The molecule has 0 radical (unpaired) electrons. The van der Waals surface area contributed by atoms with Crippen molar-refractivity contribution in [2.75, 3.05) is 0 Å². The van der Waals surface area contributed by atoms with E-state index in [1.807, 2.05) is 0 Å². The van der Waals surface area contributed by atoms with E-state index in [2.05, 4.69) is 11.6 Å². The van der Waals surface area contributed by atoms with E-state index < -0.39 is 7.32 Å². The minimum absolute atomic E-state index is 0.126. The molecule has 0 aliphatic heterocycles. The van der Waals surface area contributed by atoms with Gasteiger partial charge in [-0.1, -0.05) is 51.5 Å². The van der Waals surface area contributed by atoms with Crippen molar-refractivity contribution in [3.63, 3.8) is 0 Å². The number of benzene rings is 1. The Morgan fingerprint density at radius 2 is 1.70 bits per heavy atom. The van der Waals surface area contributed by atoms with Gasteiger partial charge in [-0.2, -0.15) is 0 Å². The zero-order chi connectivity index (χ0) is 14.8. The first-order valence-corrected chi connectivity index (χ1v) is 7.44. The summed E-state index contributed by atoms with van der Waals surface area (Å²) in [5, 5.41) is 17.3. The second-order valence-electron chi connectivity index (χ2n) is 5.07. The van der Waals surface area contributed by atoms with Gasteiger partial charge in [-0.25, -0.2) is 4.39 Å². The largest absolute Gasteiger partial charge is 0.707 e. The van der Waals surface area contributed by atoms with Gasteiger partial charge in [0.05, 0.1) is 0 Å². The van der Waals surface area contributed by atoms with Crippen LogP contribution in [0.5, 0.6) is 5.75 Å². The molecule has 0 aliphatic rings. The Hall–Kier alpha value is -1.07. The normalized spacial score (nSPS) is 10.6. The standard InChI is InChI=1S/C15H24BFO3/c1-2-3-4-5-6-7-8-9-13-10-11-14(12-15(13)17)20-16(18)19/h10-12,18-19H,2-9H2,1H3. The van der Waals surface area contributed by atoms with Gasteiger partial charge < -0.3 is 14.7 Å². The minimum Gasteiger partial charge on any atom is -0.512 e. The molecule has 112 valence electrons. The van der Waals surface area contributed by atoms with E-state index >= 15 is 0 Å². The number of halogens is 1. The fourth-order valence-corrected chi connectivity index (χ4v) is 2.20. The van der Waals surface area contributed by atoms with Crippen LogP contribution < -0.4 is 4.65 Å². The van der Waals surface area contributed by atoms with Crippen molar-refractivity contribution < 1.29 is 19.1 Å². The SMILES string of the molecule is CCCCCCCCCc1ccc(OB(O)O)cc1F. The number of rotatable bonds is 10. The van der Waals surface area contributed by atoms with Gasteiger partial charge in [-0.05, 0) is 24.5 Å². The molecule has 1 aromatic rings. The number of unbranched alkanes of at least 4 members (excludes halogenated alkanes) is 6. The van der Waals surface area contributed by atoms with Gasteiger partial charge in [0.25, 0.3) is 0 Å². The zero-order valence-electron chi connectivity index (χ0n) is 12.1. The van der Waals surface area contributed by atoms with Crippen LogP contribution in [0.1, 0.15) is 57.4 Å². The van der Waals surface area contributed by atoms with Crippen molar-refractivity contribution in [2.45, 2.75) is 58.3 Å². The lowest BCUT2D eigenvalue weighted by Crippen LogP contribution is -2.20. The van der Waals surface area contributed by atoms with E-state index in [1.54, 1.807) is 12.1 Å². The molecule has 0 saturated carbocycles. The Labute approximate surface area is 121 Å². The van der Waals surface area contributed by atoms with Crippen LogP contribution in [0.4, 0.5) is 4.39 Å². The molecule has 0 unspecified atom stereocenters. The lowest BCUT2D eigenvalue weighted by molar-refractivity contribution is 0.287. The Kier molecular flexibility index (Phi) is 8.31. The molecule has 1 rings (SSSR count). The van der Waals surface area contributed by atoms with E-state index in [-0.39, 0.29) is 11.6 Å². The predicted molar refractivity (Wildman–Crippen MR) is 78.9 cm³/mol. The molecular weight excluding hydrogens is 258 g/mol. The van der Waals surface area contributed by atoms with Crippen LogP contribution in [-0.4, -0.2) is 17.4 Å². The van der Waals surface area contributed by atoms with Crippen molar-refractivity contribution in [1.29, 1.82) is 0 Å². The maximum atomic E-state index is 13.7. The molecule has 0 spiro atoms. The van der Waals surface area contributed by atoms with E-state index in [1.165, 1.54) is 38.2 Å². The molecule has 0 heterocycles. The van der Waals surface area contributed by atoms with E-state index in [9.17, 15) is 4.39 Å². The summed E-state index contributed by atoms with van der Waals surface area (Å²) in [5.74, 6) is -0.227. The third-order valence-corrected chi connectivity index (χ3v) is 3.32. The van der Waals surface area contributed by atoms with Crippen LogP contribution in [0.2, 0.25) is 0 Å². The lowest BCUT2D eigenvalue weighted by atomic mass is 10.0. The van der Waals surface area contributed by atoms with Gasteiger partial charge in [0.1, 0.15) is 11.6 Å². The molecule has 0 saturated heterocycles. The summed E-state index contributed by atoms with van der Waals surface area (Å²) >= 11 is 0. The van der Waals surface area contributed by atoms with Crippen LogP contribution in [0, 0.1) is 5.82 Å². The van der Waals surface area contributed by atoms with E-state index in [0.717, 1.165) is 12.8 Å². The molecule has 1 aromatic carbocycles. The van der Waals surface area contributed by atoms with Crippen molar-refractivity contribution >= 4 is 7.32 Å². The summed E-state index contributed by atoms with van der Waals surface area (Å²) in [6.07, 6.45) is 9.12. The predicted octanol–water partition coefficient (Wildman–Crippen LogP) is 3.47. The van der Waals surface area contributed by atoms with Crippen LogP contribution in [0.3, 0.4) is 0 Å². The van der Waals surface area contributed by atoms with Gasteiger partial charge >= 0.3 is 7.32 Å². The van der Waals surface area contributed by atoms with Gasteiger partial charge in [0.15, 0.2) is 0 Å². The summed E-state index contributed by atoms with van der Waals surface area (Å²) < 4.78 is 18.3. The van der Waals surface area contributed by atoms with Crippen LogP contribution in [0.25, 0.3) is 0 Å². The van der Waals surface area contributed by atoms with Gasteiger partial charge in [-0.15, -0.1) is 0 Å². The summed E-state index contributed by atoms with van der Waals surface area (Å²) in [6.45, 7) is 2.20. The van der Waals surface area contributed by atoms with Crippen molar-refractivity contribution in [3.8, 4) is 5.75 Å². The Morgan fingerprint density at radius 1 is 1.05 bits per heavy atom. The van der Waals surface area contributed by atoms with Crippen LogP contribution in [-0.2, 0) is 6.42 Å². The van der Waals surface area contributed by atoms with E-state index in [0.29, 0.717) is 12.0 Å². The van der Waals surface area contributed by atoms with Crippen LogP contribution >= 0.6 is 0 Å². The van der Waals surface area contributed by atoms with Gasteiger partial charge in [-0.3, -0.25) is 0 Å².